The van der Waals surface area contributed by atoms with Crippen LogP contribution >= 0.6 is 11.3 Å². The molecule has 2 aromatic carbocycles. The number of nitrogens with zero attached hydrogens (tertiary/aromatic N) is 2. The zero-order chi connectivity index (χ0) is 17.4. The summed E-state index contributed by atoms with van der Waals surface area (Å²) in [5.74, 6) is 0.524. The minimum Gasteiger partial charge on any atom is -0.444 e. The van der Waals surface area contributed by atoms with Crippen molar-refractivity contribution in [3.05, 3.63) is 54.1 Å². The Labute approximate surface area is 147 Å². The van der Waals surface area contributed by atoms with Crippen LogP contribution in [0.15, 0.2) is 48.5 Å². The van der Waals surface area contributed by atoms with E-state index in [1.165, 1.54) is 0 Å². The molecule has 1 amide bonds. The van der Waals surface area contributed by atoms with Gasteiger partial charge in [-0.2, -0.15) is 5.10 Å². The molecular formula is C18H16N4O2S. The standard InChI is InChI=1S/C18H16N4O2S/c1-22-15-13-8-7-12(9-14(13)25-16(15)17(19)21-22)20-18(23)24-10-11-5-3-2-4-6-11/h2-9H,10H2,1H3,(H2,19,21)(H,20,23). The van der Waals surface area contributed by atoms with Crippen molar-refractivity contribution >= 4 is 49.2 Å². The van der Waals surface area contributed by atoms with Crippen LogP contribution < -0.4 is 11.1 Å². The first-order valence-electron chi connectivity index (χ1n) is 7.74. The molecule has 7 heteroatoms. The molecule has 0 spiro atoms. The van der Waals surface area contributed by atoms with Crippen LogP contribution in [-0.4, -0.2) is 15.9 Å². The number of nitrogens with two attached hydrogens (primary N) is 1. The number of hydrogen-bond donors (Lipinski definition) is 2. The van der Waals surface area contributed by atoms with Gasteiger partial charge in [-0.05, 0) is 23.8 Å². The van der Waals surface area contributed by atoms with Gasteiger partial charge in [-0.1, -0.05) is 30.3 Å². The molecule has 0 unspecified atom stereocenters. The molecule has 6 nitrogen and oxygen atoms in total. The highest BCUT2D eigenvalue weighted by molar-refractivity contribution is 7.26. The Kier molecular flexibility index (Phi) is 3.77. The van der Waals surface area contributed by atoms with E-state index in [0.29, 0.717) is 11.5 Å². The number of aryl methyl sites for hydroxylation is 1. The predicted octanol–water partition coefficient (Wildman–Crippen LogP) is 4.12. The summed E-state index contributed by atoms with van der Waals surface area (Å²) < 4.78 is 9.03. The van der Waals surface area contributed by atoms with Crippen molar-refractivity contribution in [3.63, 3.8) is 0 Å². The second-order valence-corrected chi connectivity index (χ2v) is 6.74. The van der Waals surface area contributed by atoms with Gasteiger partial charge in [-0.15, -0.1) is 11.3 Å². The molecule has 126 valence electrons. The third kappa shape index (κ3) is 2.89. The molecule has 2 heterocycles. The number of ether oxygens (including phenoxy) is 1. The van der Waals surface area contributed by atoms with Gasteiger partial charge in [-0.25, -0.2) is 4.79 Å². The molecule has 0 saturated heterocycles. The Morgan fingerprint density at radius 3 is 2.88 bits per heavy atom. The highest BCUT2D eigenvalue weighted by Crippen LogP contribution is 2.37. The van der Waals surface area contributed by atoms with Crippen molar-refractivity contribution in [2.45, 2.75) is 6.61 Å². The number of thiophene rings is 1. The number of benzene rings is 2. The van der Waals surface area contributed by atoms with Gasteiger partial charge in [0.25, 0.3) is 0 Å². The van der Waals surface area contributed by atoms with Crippen molar-refractivity contribution in [2.75, 3.05) is 11.1 Å². The fourth-order valence-corrected chi connectivity index (χ4v) is 3.95. The zero-order valence-electron chi connectivity index (χ0n) is 13.5. The molecule has 0 aliphatic carbocycles. The Bertz CT molecular complexity index is 1070. The van der Waals surface area contributed by atoms with Crippen molar-refractivity contribution in [1.82, 2.24) is 9.78 Å². The topological polar surface area (TPSA) is 82.2 Å². The minimum atomic E-state index is -0.481. The number of anilines is 2. The van der Waals surface area contributed by atoms with E-state index in [1.54, 1.807) is 16.0 Å². The number of carbonyl (C=O) groups excluding carboxylic acids is 1. The lowest BCUT2D eigenvalue weighted by Gasteiger charge is -2.07. The van der Waals surface area contributed by atoms with Crippen molar-refractivity contribution < 1.29 is 9.53 Å². The lowest BCUT2D eigenvalue weighted by molar-refractivity contribution is 0.155. The fourth-order valence-electron chi connectivity index (χ4n) is 2.79. The average molecular weight is 352 g/mol. The molecule has 4 rings (SSSR count). The summed E-state index contributed by atoms with van der Waals surface area (Å²) in [5.41, 5.74) is 8.58. The van der Waals surface area contributed by atoms with E-state index in [-0.39, 0.29) is 6.61 Å². The molecule has 3 N–H and O–H groups in total. The van der Waals surface area contributed by atoms with Gasteiger partial charge < -0.3 is 10.5 Å². The number of nitrogen functional groups attached to an aromatic ring is 1. The number of amides is 1. The Balaban J connectivity index is 1.52. The van der Waals surface area contributed by atoms with E-state index in [2.05, 4.69) is 10.4 Å². The first kappa shape index (κ1) is 15.5. The molecule has 0 aliphatic heterocycles. The molecule has 2 aromatic heterocycles. The minimum absolute atomic E-state index is 0.236. The monoisotopic (exact) mass is 352 g/mol. The SMILES string of the molecule is Cn1nc(N)c2sc3cc(NC(=O)OCc4ccccc4)ccc3c21. The van der Waals surface area contributed by atoms with E-state index >= 15 is 0 Å². The van der Waals surface area contributed by atoms with E-state index in [0.717, 1.165) is 25.9 Å². The molecule has 0 radical (unpaired) electrons. The van der Waals surface area contributed by atoms with Gasteiger partial charge in [0, 0.05) is 22.8 Å². The number of carbonyl (C=O) groups is 1. The first-order valence-corrected chi connectivity index (χ1v) is 8.56. The Morgan fingerprint density at radius 2 is 2.08 bits per heavy atom. The second-order valence-electron chi connectivity index (χ2n) is 5.69. The number of aromatic nitrogens is 2. The molecule has 0 bridgehead atoms. The highest BCUT2D eigenvalue weighted by Gasteiger charge is 2.14. The fraction of sp³-hybridized carbons (Fsp3) is 0.111. The van der Waals surface area contributed by atoms with Crippen LogP contribution in [0, 0.1) is 0 Å². The normalized spacial score (nSPS) is 11.1. The van der Waals surface area contributed by atoms with Gasteiger partial charge in [0.2, 0.25) is 0 Å². The largest absolute Gasteiger partial charge is 0.444 e. The van der Waals surface area contributed by atoms with Crippen LogP contribution in [0.4, 0.5) is 16.3 Å². The molecule has 0 aliphatic rings. The summed E-state index contributed by atoms with van der Waals surface area (Å²) in [4.78, 5) is 12.0. The molecule has 25 heavy (non-hydrogen) atoms. The molecule has 4 aromatic rings. The average Bonchev–Trinajstić information content (AvgIpc) is 3.12. The Morgan fingerprint density at radius 1 is 1.28 bits per heavy atom. The smallest absolute Gasteiger partial charge is 0.411 e. The van der Waals surface area contributed by atoms with Gasteiger partial charge in [0.1, 0.15) is 6.61 Å². The quantitative estimate of drug-likeness (QED) is 0.581. The third-order valence-electron chi connectivity index (χ3n) is 3.94. The van der Waals surface area contributed by atoms with Crippen molar-refractivity contribution in [2.24, 2.45) is 7.05 Å². The summed E-state index contributed by atoms with van der Waals surface area (Å²) in [6, 6.07) is 15.3. The maximum atomic E-state index is 12.0. The molecular weight excluding hydrogens is 336 g/mol. The maximum absolute atomic E-state index is 12.0. The first-order chi connectivity index (χ1) is 12.1. The summed E-state index contributed by atoms with van der Waals surface area (Å²) >= 11 is 1.56. The van der Waals surface area contributed by atoms with Gasteiger partial charge in [0.15, 0.2) is 5.82 Å². The summed E-state index contributed by atoms with van der Waals surface area (Å²) in [6.07, 6.45) is -0.481. The third-order valence-corrected chi connectivity index (χ3v) is 5.10. The van der Waals surface area contributed by atoms with E-state index in [9.17, 15) is 4.79 Å². The van der Waals surface area contributed by atoms with Crippen LogP contribution in [0.25, 0.3) is 20.3 Å². The summed E-state index contributed by atoms with van der Waals surface area (Å²) in [5, 5.41) is 8.07. The summed E-state index contributed by atoms with van der Waals surface area (Å²) in [6.45, 7) is 0.236. The van der Waals surface area contributed by atoms with Crippen molar-refractivity contribution in [1.29, 1.82) is 0 Å². The van der Waals surface area contributed by atoms with Gasteiger partial charge in [-0.3, -0.25) is 10.00 Å². The zero-order valence-corrected chi connectivity index (χ0v) is 14.3. The van der Waals surface area contributed by atoms with Gasteiger partial charge in [0.05, 0.1) is 10.2 Å². The van der Waals surface area contributed by atoms with Crippen LogP contribution in [0.3, 0.4) is 0 Å². The lowest BCUT2D eigenvalue weighted by atomic mass is 10.2. The predicted molar refractivity (Wildman–Crippen MR) is 101 cm³/mol. The second kappa shape index (κ2) is 6.10. The Hall–Kier alpha value is -3.06. The molecule has 0 atom stereocenters. The van der Waals surface area contributed by atoms with Crippen LogP contribution in [0.5, 0.6) is 0 Å². The molecule has 0 fully saturated rings. The summed E-state index contributed by atoms with van der Waals surface area (Å²) in [7, 11) is 1.87. The van der Waals surface area contributed by atoms with E-state index < -0.39 is 6.09 Å². The highest BCUT2D eigenvalue weighted by atomic mass is 32.1. The maximum Gasteiger partial charge on any atom is 0.411 e. The van der Waals surface area contributed by atoms with Crippen LogP contribution in [0.1, 0.15) is 5.56 Å². The number of rotatable bonds is 3. The number of hydrogen-bond acceptors (Lipinski definition) is 5. The van der Waals surface area contributed by atoms with E-state index in [4.69, 9.17) is 10.5 Å². The molecule has 0 saturated carbocycles. The lowest BCUT2D eigenvalue weighted by Crippen LogP contribution is -2.13. The van der Waals surface area contributed by atoms with Crippen LogP contribution in [-0.2, 0) is 18.4 Å². The van der Waals surface area contributed by atoms with E-state index in [1.807, 2.05) is 55.6 Å². The number of nitrogens with one attached hydrogen (secondary N) is 1. The number of fused-ring (bicyclic) bond motifs is 3. The van der Waals surface area contributed by atoms with Crippen molar-refractivity contribution in [3.8, 4) is 0 Å². The van der Waals surface area contributed by atoms with Crippen LogP contribution in [0.2, 0.25) is 0 Å². The van der Waals surface area contributed by atoms with Gasteiger partial charge >= 0.3 is 6.09 Å².